The van der Waals surface area contributed by atoms with Crippen LogP contribution in [0.15, 0.2) is 58.2 Å². The van der Waals surface area contributed by atoms with Crippen molar-refractivity contribution in [3.05, 3.63) is 53.0 Å². The van der Waals surface area contributed by atoms with Crippen molar-refractivity contribution in [2.75, 3.05) is 5.32 Å². The van der Waals surface area contributed by atoms with Crippen molar-refractivity contribution in [2.24, 2.45) is 5.14 Å². The maximum Gasteiger partial charge on any atom is 0.238 e. The van der Waals surface area contributed by atoms with E-state index in [1.54, 1.807) is 30.7 Å². The topological polar surface area (TPSA) is 120 Å². The van der Waals surface area contributed by atoms with Gasteiger partial charge in [0.15, 0.2) is 5.16 Å². The maximum atomic E-state index is 12.5. The molecular weight excluding hydrogens is 418 g/mol. The van der Waals surface area contributed by atoms with E-state index < -0.39 is 15.3 Å². The summed E-state index contributed by atoms with van der Waals surface area (Å²) in [4.78, 5) is 13.7. The number of hydrogen-bond acceptors (Lipinski definition) is 7. The number of rotatable bonds is 8. The van der Waals surface area contributed by atoms with Gasteiger partial charge in [0, 0.05) is 17.1 Å². The van der Waals surface area contributed by atoms with Crippen LogP contribution in [0, 0.1) is 0 Å². The normalized spacial score (nSPS) is 12.6. The Morgan fingerprint density at radius 1 is 1.36 bits per heavy atom. The third kappa shape index (κ3) is 5.41. The van der Waals surface area contributed by atoms with E-state index in [2.05, 4.69) is 21.6 Å². The van der Waals surface area contributed by atoms with Crippen molar-refractivity contribution in [3.8, 4) is 0 Å². The number of hydrogen-bond donors (Lipinski definition) is 2. The first-order valence-corrected chi connectivity index (χ1v) is 11.6. The second-order valence-electron chi connectivity index (χ2n) is 5.96. The zero-order chi connectivity index (χ0) is 20.1. The van der Waals surface area contributed by atoms with Crippen LogP contribution in [0.5, 0.6) is 0 Å². The lowest BCUT2D eigenvalue weighted by molar-refractivity contribution is -0.115. The molecular formula is C17H19N5O3S3. The molecule has 0 saturated heterocycles. The summed E-state index contributed by atoms with van der Waals surface area (Å²) in [6, 6.07) is 9.92. The summed E-state index contributed by atoms with van der Waals surface area (Å²) in [6.07, 6.45) is 2.51. The van der Waals surface area contributed by atoms with Crippen LogP contribution in [0.3, 0.4) is 0 Å². The van der Waals surface area contributed by atoms with Crippen LogP contribution in [-0.4, -0.2) is 34.3 Å². The minimum atomic E-state index is -3.83. The number of thioether (sulfide) groups is 1. The first-order valence-electron chi connectivity index (χ1n) is 8.33. The van der Waals surface area contributed by atoms with Crippen molar-refractivity contribution in [3.63, 3.8) is 0 Å². The van der Waals surface area contributed by atoms with Gasteiger partial charge in [-0.15, -0.1) is 21.5 Å². The first-order chi connectivity index (χ1) is 13.3. The van der Waals surface area contributed by atoms with Crippen molar-refractivity contribution in [2.45, 2.75) is 35.2 Å². The fraction of sp³-hybridized carbons (Fsp3) is 0.235. The predicted octanol–water partition coefficient (Wildman–Crippen LogP) is 2.35. The number of aryl methyl sites for hydroxylation is 2. The van der Waals surface area contributed by atoms with Crippen LogP contribution < -0.4 is 10.5 Å². The molecule has 0 fully saturated rings. The number of thiophene rings is 1. The number of sulfonamides is 1. The molecule has 0 radical (unpaired) electrons. The summed E-state index contributed by atoms with van der Waals surface area (Å²) >= 11 is 2.99. The second-order valence-corrected chi connectivity index (χ2v) is 9.86. The van der Waals surface area contributed by atoms with E-state index in [0.717, 1.165) is 13.0 Å². The van der Waals surface area contributed by atoms with Crippen LogP contribution in [0.25, 0.3) is 0 Å². The summed E-state index contributed by atoms with van der Waals surface area (Å²) < 4.78 is 24.8. The van der Waals surface area contributed by atoms with E-state index in [-0.39, 0.29) is 10.8 Å². The van der Waals surface area contributed by atoms with Crippen LogP contribution in [0.4, 0.5) is 5.69 Å². The Labute approximate surface area is 171 Å². The number of nitrogens with one attached hydrogen (secondary N) is 1. The van der Waals surface area contributed by atoms with E-state index in [4.69, 9.17) is 5.14 Å². The van der Waals surface area contributed by atoms with Gasteiger partial charge in [0.1, 0.15) is 6.33 Å². The van der Waals surface area contributed by atoms with E-state index in [0.29, 0.717) is 10.8 Å². The van der Waals surface area contributed by atoms with Gasteiger partial charge in [0.05, 0.1) is 10.1 Å². The van der Waals surface area contributed by atoms with Gasteiger partial charge >= 0.3 is 0 Å². The average Bonchev–Trinajstić information content (AvgIpc) is 3.31. The quantitative estimate of drug-likeness (QED) is 0.522. The molecule has 3 rings (SSSR count). The third-order valence-corrected chi connectivity index (χ3v) is 6.78. The van der Waals surface area contributed by atoms with Crippen LogP contribution >= 0.6 is 23.1 Å². The molecule has 0 aliphatic heterocycles. The first kappa shape index (κ1) is 20.5. The zero-order valence-corrected chi connectivity index (χ0v) is 17.4. The molecule has 0 bridgehead atoms. The van der Waals surface area contributed by atoms with Crippen molar-refractivity contribution in [1.82, 2.24) is 14.8 Å². The highest BCUT2D eigenvalue weighted by atomic mass is 32.2. The smallest absolute Gasteiger partial charge is 0.238 e. The summed E-state index contributed by atoms with van der Waals surface area (Å²) in [5.41, 5.74) is 0.364. The molecule has 1 aromatic carbocycles. The number of anilines is 1. The lowest BCUT2D eigenvalue weighted by Gasteiger charge is -2.13. The highest BCUT2D eigenvalue weighted by Crippen LogP contribution is 2.23. The summed E-state index contributed by atoms with van der Waals surface area (Å²) in [7, 11) is -3.83. The molecule has 2 aromatic heterocycles. The maximum absolute atomic E-state index is 12.5. The van der Waals surface area contributed by atoms with Gasteiger partial charge in [0.25, 0.3) is 0 Å². The molecule has 0 aliphatic carbocycles. The minimum absolute atomic E-state index is 0.0565. The summed E-state index contributed by atoms with van der Waals surface area (Å²) in [5, 5.41) is 18.1. The van der Waals surface area contributed by atoms with E-state index in [1.807, 2.05) is 16.0 Å². The molecule has 148 valence electrons. The van der Waals surface area contributed by atoms with Gasteiger partial charge in [0.2, 0.25) is 15.9 Å². The SMILES string of the molecule is CC(Sc1nncn1CCc1cccs1)C(=O)Nc1cccc(S(N)(=O)=O)c1. The molecule has 0 aliphatic rings. The number of nitrogens with two attached hydrogens (primary N) is 1. The van der Waals surface area contributed by atoms with Crippen molar-refractivity contribution in [1.29, 1.82) is 0 Å². The van der Waals surface area contributed by atoms with Gasteiger partial charge < -0.3 is 9.88 Å². The summed E-state index contributed by atoms with van der Waals surface area (Å²) in [6.45, 7) is 2.47. The van der Waals surface area contributed by atoms with Crippen LogP contribution in [-0.2, 0) is 27.8 Å². The van der Waals surface area contributed by atoms with Crippen LogP contribution in [0.2, 0.25) is 0 Å². The van der Waals surface area contributed by atoms with Crippen LogP contribution in [0.1, 0.15) is 11.8 Å². The van der Waals surface area contributed by atoms with Crippen molar-refractivity contribution >= 4 is 44.7 Å². The molecule has 8 nitrogen and oxygen atoms in total. The second kappa shape index (κ2) is 8.86. The molecule has 2 heterocycles. The van der Waals surface area contributed by atoms with Gasteiger partial charge in [-0.2, -0.15) is 0 Å². The molecule has 0 saturated carbocycles. The largest absolute Gasteiger partial charge is 0.325 e. The number of amides is 1. The molecule has 28 heavy (non-hydrogen) atoms. The number of carbonyl (C=O) groups excluding carboxylic acids is 1. The number of primary sulfonamides is 1. The van der Waals surface area contributed by atoms with E-state index in [1.165, 1.54) is 34.8 Å². The lowest BCUT2D eigenvalue weighted by Crippen LogP contribution is -2.23. The van der Waals surface area contributed by atoms with Gasteiger partial charge in [-0.1, -0.05) is 23.9 Å². The highest BCUT2D eigenvalue weighted by Gasteiger charge is 2.19. The summed E-state index contributed by atoms with van der Waals surface area (Å²) in [5.74, 6) is -0.274. The Bertz CT molecular complexity index is 1050. The number of benzene rings is 1. The fourth-order valence-corrected chi connectivity index (χ4v) is 4.49. The molecule has 11 heteroatoms. The molecule has 3 N–H and O–H groups in total. The van der Waals surface area contributed by atoms with E-state index >= 15 is 0 Å². The minimum Gasteiger partial charge on any atom is -0.325 e. The Kier molecular flexibility index (Phi) is 6.50. The third-order valence-electron chi connectivity index (χ3n) is 3.84. The standard InChI is InChI=1S/C17H19N5O3S3/c1-12(16(23)20-13-4-2-6-15(10-13)28(18,24)25)27-17-21-19-11-22(17)8-7-14-5-3-9-26-14/h2-6,9-12H,7-8H2,1H3,(H,20,23)(H2,18,24,25). The zero-order valence-electron chi connectivity index (χ0n) is 15.0. The highest BCUT2D eigenvalue weighted by molar-refractivity contribution is 8.00. The van der Waals surface area contributed by atoms with E-state index in [9.17, 15) is 13.2 Å². The Balaban J connectivity index is 1.61. The van der Waals surface area contributed by atoms with Gasteiger partial charge in [-0.05, 0) is 43.0 Å². The Morgan fingerprint density at radius 2 is 2.18 bits per heavy atom. The fourth-order valence-electron chi connectivity index (χ4n) is 2.38. The number of aromatic nitrogens is 3. The Hall–Kier alpha value is -2.21. The predicted molar refractivity (Wildman–Crippen MR) is 110 cm³/mol. The monoisotopic (exact) mass is 437 g/mol. The van der Waals surface area contributed by atoms with Gasteiger partial charge in [-0.3, -0.25) is 4.79 Å². The molecule has 1 unspecified atom stereocenters. The molecule has 1 atom stereocenters. The number of nitrogens with zero attached hydrogens (tertiary/aromatic N) is 3. The lowest BCUT2D eigenvalue weighted by atomic mass is 10.3. The van der Waals surface area contributed by atoms with Crippen molar-refractivity contribution < 1.29 is 13.2 Å². The average molecular weight is 438 g/mol. The molecule has 1 amide bonds. The molecule has 3 aromatic rings. The number of carbonyl (C=O) groups is 1. The Morgan fingerprint density at radius 3 is 2.89 bits per heavy atom. The van der Waals surface area contributed by atoms with Gasteiger partial charge in [-0.25, -0.2) is 13.6 Å². The molecule has 0 spiro atoms.